The molecule has 2 aliphatic heterocycles. The van der Waals surface area contributed by atoms with Gasteiger partial charge in [0, 0.05) is 18.8 Å². The number of ether oxygens (including phenoxy) is 3. The average Bonchev–Trinajstić information content (AvgIpc) is 2.99. The van der Waals surface area contributed by atoms with E-state index in [4.69, 9.17) is 14.2 Å². The maximum Gasteiger partial charge on any atom is 0.194 e. The minimum absolute atomic E-state index is 0.226. The lowest BCUT2D eigenvalue weighted by Crippen LogP contribution is -3.15. The van der Waals surface area contributed by atoms with Crippen molar-refractivity contribution in [2.45, 2.75) is 64.1 Å². The van der Waals surface area contributed by atoms with E-state index in [1.165, 1.54) is 24.2 Å². The van der Waals surface area contributed by atoms with Gasteiger partial charge in [-0.2, -0.15) is 0 Å². The first-order valence-corrected chi connectivity index (χ1v) is 7.96. The van der Waals surface area contributed by atoms with Gasteiger partial charge in [0.25, 0.3) is 0 Å². The Hall–Kier alpha value is -0.160. The summed E-state index contributed by atoms with van der Waals surface area (Å²) < 4.78 is 18.1. The fourth-order valence-electron chi connectivity index (χ4n) is 3.82. The molecular weight excluding hydrogens is 242 g/mol. The van der Waals surface area contributed by atoms with Crippen LogP contribution < -0.4 is 4.90 Å². The molecule has 0 aromatic rings. The minimum Gasteiger partial charge on any atom is -0.347 e. The van der Waals surface area contributed by atoms with Crippen LogP contribution in [-0.4, -0.2) is 44.4 Å². The van der Waals surface area contributed by atoms with Gasteiger partial charge in [0.05, 0.1) is 6.61 Å². The molecule has 3 rings (SSSR count). The van der Waals surface area contributed by atoms with Crippen molar-refractivity contribution < 1.29 is 19.1 Å². The summed E-state index contributed by atoms with van der Waals surface area (Å²) in [7, 11) is 0. The van der Waals surface area contributed by atoms with Crippen LogP contribution in [0.2, 0.25) is 0 Å². The van der Waals surface area contributed by atoms with Crippen LogP contribution in [0.1, 0.15) is 46.0 Å². The molecule has 3 atom stereocenters. The molecule has 19 heavy (non-hydrogen) atoms. The monoisotopic (exact) mass is 270 g/mol. The van der Waals surface area contributed by atoms with Crippen LogP contribution in [-0.2, 0) is 14.2 Å². The molecule has 2 heterocycles. The van der Waals surface area contributed by atoms with E-state index in [-0.39, 0.29) is 11.9 Å². The number of hydrogen-bond acceptors (Lipinski definition) is 3. The normalized spacial score (nSPS) is 38.4. The third-order valence-electron chi connectivity index (χ3n) is 4.75. The standard InChI is InChI=1S/C15H27NO3/c1-12(2)14-16(8-9-17-14)10-13-11-18-15(19-13)6-4-3-5-7-15/h12-14H,3-11H2,1-2H3/p+1/t13-,14-/m0/s1. The highest BCUT2D eigenvalue weighted by atomic mass is 16.7. The lowest BCUT2D eigenvalue weighted by Gasteiger charge is -2.32. The van der Waals surface area contributed by atoms with Gasteiger partial charge in [-0.15, -0.1) is 0 Å². The zero-order valence-electron chi connectivity index (χ0n) is 12.3. The highest BCUT2D eigenvalue weighted by Gasteiger charge is 2.45. The van der Waals surface area contributed by atoms with E-state index in [1.54, 1.807) is 0 Å². The molecular formula is C15H28NO3+. The number of rotatable bonds is 3. The van der Waals surface area contributed by atoms with E-state index in [0.29, 0.717) is 12.1 Å². The lowest BCUT2D eigenvalue weighted by molar-refractivity contribution is -0.931. The van der Waals surface area contributed by atoms with Crippen LogP contribution in [0.15, 0.2) is 0 Å². The Balaban J connectivity index is 1.54. The number of nitrogens with one attached hydrogen (secondary N) is 1. The predicted molar refractivity (Wildman–Crippen MR) is 71.9 cm³/mol. The molecule has 0 bridgehead atoms. The first-order chi connectivity index (χ1) is 9.19. The van der Waals surface area contributed by atoms with Crippen LogP contribution in [0.3, 0.4) is 0 Å². The molecule has 110 valence electrons. The fraction of sp³-hybridized carbons (Fsp3) is 1.00. The third-order valence-corrected chi connectivity index (χ3v) is 4.75. The van der Waals surface area contributed by atoms with Gasteiger partial charge >= 0.3 is 0 Å². The summed E-state index contributed by atoms with van der Waals surface area (Å²) >= 11 is 0. The molecule has 4 nitrogen and oxygen atoms in total. The van der Waals surface area contributed by atoms with Crippen molar-refractivity contribution in [2.24, 2.45) is 5.92 Å². The van der Waals surface area contributed by atoms with Crippen LogP contribution in [0.5, 0.6) is 0 Å². The van der Waals surface area contributed by atoms with Crippen molar-refractivity contribution in [3.8, 4) is 0 Å². The van der Waals surface area contributed by atoms with E-state index >= 15 is 0 Å². The smallest absolute Gasteiger partial charge is 0.194 e. The first kappa shape index (κ1) is 13.8. The number of quaternary nitrogens is 1. The Labute approximate surface area is 116 Å². The molecule has 2 saturated heterocycles. The summed E-state index contributed by atoms with van der Waals surface area (Å²) in [5, 5.41) is 0. The average molecular weight is 270 g/mol. The van der Waals surface area contributed by atoms with Crippen molar-refractivity contribution in [1.29, 1.82) is 0 Å². The van der Waals surface area contributed by atoms with E-state index < -0.39 is 0 Å². The largest absolute Gasteiger partial charge is 0.347 e. The first-order valence-electron chi connectivity index (χ1n) is 7.96. The summed E-state index contributed by atoms with van der Waals surface area (Å²) in [6.45, 7) is 8.28. The second-order valence-electron chi connectivity index (χ2n) is 6.67. The molecule has 1 spiro atoms. The van der Waals surface area contributed by atoms with Crippen LogP contribution in [0, 0.1) is 5.92 Å². The maximum atomic E-state index is 6.28. The van der Waals surface area contributed by atoms with E-state index in [1.807, 2.05) is 0 Å². The van der Waals surface area contributed by atoms with Gasteiger partial charge in [-0.05, 0) is 12.8 Å². The van der Waals surface area contributed by atoms with Gasteiger partial charge in [0.1, 0.15) is 25.8 Å². The number of hydrogen-bond donors (Lipinski definition) is 1. The molecule has 0 radical (unpaired) electrons. The molecule has 0 amide bonds. The molecule has 1 aliphatic carbocycles. The highest BCUT2D eigenvalue weighted by Crippen LogP contribution is 2.37. The highest BCUT2D eigenvalue weighted by molar-refractivity contribution is 4.82. The minimum atomic E-state index is -0.226. The van der Waals surface area contributed by atoms with E-state index in [2.05, 4.69) is 13.8 Å². The van der Waals surface area contributed by atoms with Gasteiger partial charge in [0.2, 0.25) is 0 Å². The second-order valence-corrected chi connectivity index (χ2v) is 6.67. The Morgan fingerprint density at radius 2 is 2.00 bits per heavy atom. The molecule has 4 heteroatoms. The van der Waals surface area contributed by atoms with Gasteiger partial charge in [-0.3, -0.25) is 0 Å². The predicted octanol–water partition coefficient (Wildman–Crippen LogP) is 0.959. The SMILES string of the molecule is CC(C)[C@@H]1OCC[NH+]1C[C@H]1COC2(CCCCC2)O1. The van der Waals surface area contributed by atoms with Crippen molar-refractivity contribution in [3.05, 3.63) is 0 Å². The molecule has 3 aliphatic rings. The Morgan fingerprint density at radius 1 is 1.21 bits per heavy atom. The van der Waals surface area contributed by atoms with Gasteiger partial charge < -0.3 is 19.1 Å². The fourth-order valence-corrected chi connectivity index (χ4v) is 3.82. The van der Waals surface area contributed by atoms with E-state index in [0.717, 1.165) is 39.1 Å². The molecule has 3 fully saturated rings. The topological polar surface area (TPSA) is 32.1 Å². The zero-order valence-corrected chi connectivity index (χ0v) is 12.3. The summed E-state index contributed by atoms with van der Waals surface area (Å²) in [5.74, 6) is 0.347. The van der Waals surface area contributed by atoms with Gasteiger partial charge in [-0.1, -0.05) is 20.3 Å². The van der Waals surface area contributed by atoms with Crippen molar-refractivity contribution >= 4 is 0 Å². The Morgan fingerprint density at radius 3 is 2.74 bits per heavy atom. The Bertz CT molecular complexity index is 302. The molecule has 1 saturated carbocycles. The quantitative estimate of drug-likeness (QED) is 0.829. The van der Waals surface area contributed by atoms with Crippen LogP contribution in [0.25, 0.3) is 0 Å². The van der Waals surface area contributed by atoms with Gasteiger partial charge in [0.15, 0.2) is 12.0 Å². The second kappa shape index (κ2) is 5.68. The molecule has 0 aromatic heterocycles. The third kappa shape index (κ3) is 2.97. The van der Waals surface area contributed by atoms with Crippen molar-refractivity contribution in [1.82, 2.24) is 0 Å². The van der Waals surface area contributed by atoms with Crippen LogP contribution in [0.4, 0.5) is 0 Å². The zero-order chi connectivity index (χ0) is 13.3. The van der Waals surface area contributed by atoms with Crippen molar-refractivity contribution in [3.63, 3.8) is 0 Å². The summed E-state index contributed by atoms with van der Waals surface area (Å²) in [4.78, 5) is 1.54. The molecule has 0 aromatic carbocycles. The summed E-state index contributed by atoms with van der Waals surface area (Å²) in [6, 6.07) is 0. The molecule has 1 unspecified atom stereocenters. The van der Waals surface area contributed by atoms with Gasteiger partial charge in [-0.25, -0.2) is 0 Å². The Kier molecular flexibility index (Phi) is 4.13. The summed E-state index contributed by atoms with van der Waals surface area (Å²) in [5.41, 5.74) is 0. The van der Waals surface area contributed by atoms with E-state index in [9.17, 15) is 0 Å². The molecule has 1 N–H and O–H groups in total. The summed E-state index contributed by atoms with van der Waals surface area (Å²) in [6.07, 6.45) is 6.61. The lowest BCUT2D eigenvalue weighted by atomic mass is 9.94. The van der Waals surface area contributed by atoms with Crippen LogP contribution >= 0.6 is 0 Å². The maximum absolute atomic E-state index is 6.28. The van der Waals surface area contributed by atoms with Crippen molar-refractivity contribution in [2.75, 3.05) is 26.3 Å².